The van der Waals surface area contributed by atoms with E-state index >= 15 is 0 Å². The van der Waals surface area contributed by atoms with Gasteiger partial charge in [0, 0.05) is 65.1 Å². The number of para-hydroxylation sites is 2. The van der Waals surface area contributed by atoms with Crippen molar-refractivity contribution in [3.8, 4) is 5.69 Å². The van der Waals surface area contributed by atoms with Crippen molar-refractivity contribution in [2.24, 2.45) is 5.92 Å². The van der Waals surface area contributed by atoms with E-state index in [1.165, 1.54) is 109 Å². The molecule has 2 heterocycles. The van der Waals surface area contributed by atoms with Gasteiger partial charge in [-0.25, -0.2) is 0 Å². The van der Waals surface area contributed by atoms with Crippen LogP contribution in [0.3, 0.4) is 0 Å². The molecule has 0 radical (unpaired) electrons. The number of benzene rings is 8. The maximum absolute atomic E-state index is 2.65. The zero-order valence-corrected chi connectivity index (χ0v) is 30.6. The Morgan fingerprint density at radius 2 is 1.30 bits per heavy atom. The molecule has 0 N–H and O–H groups in total. The highest BCUT2D eigenvalue weighted by atomic mass is 32.1. The minimum absolute atomic E-state index is 0.267. The fraction of sp³-hybridized carbons (Fsp3) is 0.0588. The largest absolute Gasteiger partial charge is 0.313 e. The van der Waals surface area contributed by atoms with Crippen LogP contribution < -0.4 is 4.90 Å². The van der Waals surface area contributed by atoms with Gasteiger partial charge in [-0.1, -0.05) is 122 Å². The Hall–Kier alpha value is -6.42. The summed E-state index contributed by atoms with van der Waals surface area (Å²) in [5.41, 5.74) is 12.8. The van der Waals surface area contributed by atoms with Crippen LogP contribution >= 0.6 is 11.3 Å². The third-order valence-corrected chi connectivity index (χ3v) is 13.0. The van der Waals surface area contributed by atoms with Crippen LogP contribution in [-0.4, -0.2) is 4.57 Å². The van der Waals surface area contributed by atoms with E-state index < -0.39 is 0 Å². The number of hydrogen-bond donors (Lipinski definition) is 0. The second-order valence-corrected chi connectivity index (χ2v) is 15.9. The Morgan fingerprint density at radius 1 is 0.574 bits per heavy atom. The van der Waals surface area contributed by atoms with Gasteiger partial charge in [0.05, 0.1) is 16.7 Å². The van der Waals surface area contributed by atoms with Gasteiger partial charge in [-0.2, -0.15) is 0 Å². The first-order chi connectivity index (χ1) is 26.7. The summed E-state index contributed by atoms with van der Waals surface area (Å²) in [7, 11) is 0. The lowest BCUT2D eigenvalue weighted by Gasteiger charge is -2.36. The molecular formula is C51H34N2S. The number of allylic oxidation sites excluding steroid dienone is 4. The molecule has 0 saturated carbocycles. The lowest BCUT2D eigenvalue weighted by molar-refractivity contribution is 0.677. The van der Waals surface area contributed by atoms with Crippen molar-refractivity contribution < 1.29 is 0 Å². The molecule has 0 bridgehead atoms. The van der Waals surface area contributed by atoms with Crippen molar-refractivity contribution in [2.75, 3.05) is 4.90 Å². The quantitative estimate of drug-likeness (QED) is 0.165. The third-order valence-electron chi connectivity index (χ3n) is 11.9. The van der Waals surface area contributed by atoms with E-state index in [9.17, 15) is 0 Å². The molecule has 2 aliphatic carbocycles. The number of anilines is 2. The predicted molar refractivity (Wildman–Crippen MR) is 232 cm³/mol. The van der Waals surface area contributed by atoms with Crippen molar-refractivity contribution in [3.63, 3.8) is 0 Å². The highest BCUT2D eigenvalue weighted by Crippen LogP contribution is 2.56. The standard InChI is InChI=1S/C51H34N2S/c1-31-25-27-40-39-20-11-14-33-29-32-13-5-6-17-36(32)49(47(33)39)50(40)51(31)53(43-22-12-24-46-48(43)41-19-8-10-23-45(41)54-46)35-26-28-38-37-18-7-9-21-42(37)52(44(38)30-35)34-15-3-2-4-16-34/h2-24,26-31H,25H2,1H3. The fourth-order valence-electron chi connectivity index (χ4n) is 9.64. The van der Waals surface area contributed by atoms with Crippen LogP contribution in [0.25, 0.3) is 80.4 Å². The second kappa shape index (κ2) is 11.3. The van der Waals surface area contributed by atoms with Crippen molar-refractivity contribution in [1.82, 2.24) is 4.57 Å². The summed E-state index contributed by atoms with van der Waals surface area (Å²) in [5.74, 6) is 0.267. The molecule has 10 aromatic rings. The normalized spacial score (nSPS) is 15.3. The maximum atomic E-state index is 2.65. The summed E-state index contributed by atoms with van der Waals surface area (Å²) in [6.45, 7) is 2.43. The summed E-state index contributed by atoms with van der Waals surface area (Å²) in [6, 6.07) is 60.9. The van der Waals surface area contributed by atoms with Gasteiger partial charge in [-0.05, 0) is 93.7 Å². The summed E-state index contributed by atoms with van der Waals surface area (Å²) < 4.78 is 5.07. The molecule has 2 nitrogen and oxygen atoms in total. The van der Waals surface area contributed by atoms with Crippen LogP contribution in [0.5, 0.6) is 0 Å². The molecule has 2 aromatic heterocycles. The molecule has 0 amide bonds. The van der Waals surface area contributed by atoms with Gasteiger partial charge in [0.2, 0.25) is 0 Å². The molecule has 54 heavy (non-hydrogen) atoms. The van der Waals surface area contributed by atoms with Gasteiger partial charge in [0.25, 0.3) is 0 Å². The number of nitrogens with zero attached hydrogens (tertiary/aromatic N) is 2. The molecular weight excluding hydrogens is 673 g/mol. The van der Waals surface area contributed by atoms with Gasteiger partial charge in [-0.3, -0.25) is 0 Å². The molecule has 3 heteroatoms. The van der Waals surface area contributed by atoms with Crippen LogP contribution in [0.1, 0.15) is 24.5 Å². The Labute approximate surface area is 317 Å². The molecule has 2 aliphatic rings. The van der Waals surface area contributed by atoms with Crippen LogP contribution in [-0.2, 0) is 0 Å². The summed E-state index contributed by atoms with van der Waals surface area (Å²) in [6.07, 6.45) is 3.49. The molecule has 0 spiro atoms. The molecule has 1 unspecified atom stereocenters. The monoisotopic (exact) mass is 706 g/mol. The highest BCUT2D eigenvalue weighted by Gasteiger charge is 2.36. The number of fused-ring (bicyclic) bond motifs is 11. The van der Waals surface area contributed by atoms with E-state index in [0.717, 1.165) is 6.42 Å². The fourth-order valence-corrected chi connectivity index (χ4v) is 10.8. The summed E-state index contributed by atoms with van der Waals surface area (Å²) in [5, 5.41) is 10.4. The molecule has 254 valence electrons. The second-order valence-electron chi connectivity index (χ2n) is 14.9. The van der Waals surface area contributed by atoms with E-state index in [1.807, 2.05) is 11.3 Å². The molecule has 0 saturated heterocycles. The molecule has 0 fully saturated rings. The van der Waals surface area contributed by atoms with E-state index in [4.69, 9.17) is 0 Å². The van der Waals surface area contributed by atoms with Gasteiger partial charge < -0.3 is 9.47 Å². The number of thiophene rings is 1. The Bertz CT molecular complexity index is 3270. The van der Waals surface area contributed by atoms with Crippen LogP contribution in [0.2, 0.25) is 0 Å². The van der Waals surface area contributed by atoms with Crippen molar-refractivity contribution in [3.05, 3.63) is 187 Å². The van der Waals surface area contributed by atoms with E-state index in [-0.39, 0.29) is 5.92 Å². The van der Waals surface area contributed by atoms with E-state index in [2.05, 4.69) is 186 Å². The van der Waals surface area contributed by atoms with Crippen molar-refractivity contribution in [2.45, 2.75) is 13.3 Å². The molecule has 8 aromatic carbocycles. The molecule has 1 atom stereocenters. The third kappa shape index (κ3) is 4.10. The van der Waals surface area contributed by atoms with Crippen molar-refractivity contribution in [1.29, 1.82) is 0 Å². The van der Waals surface area contributed by atoms with Gasteiger partial charge in [-0.15, -0.1) is 11.3 Å². The first kappa shape index (κ1) is 30.1. The van der Waals surface area contributed by atoms with Crippen LogP contribution in [0, 0.1) is 5.92 Å². The first-order valence-corrected chi connectivity index (χ1v) is 19.7. The van der Waals surface area contributed by atoms with Gasteiger partial charge in [0.15, 0.2) is 0 Å². The first-order valence-electron chi connectivity index (χ1n) is 18.9. The SMILES string of the molecule is CC1CC=C2C(=C1N(c1ccc3c4ccccc4n(-c4ccccc4)c3c1)c1cccc3sc4ccccc4c13)c1c3ccccc3cc3cccc2c13. The average Bonchev–Trinajstić information content (AvgIpc) is 3.88. The minimum Gasteiger partial charge on any atom is -0.313 e. The predicted octanol–water partition coefficient (Wildman–Crippen LogP) is 14.4. The minimum atomic E-state index is 0.267. The Morgan fingerprint density at radius 3 is 2.20 bits per heavy atom. The summed E-state index contributed by atoms with van der Waals surface area (Å²) in [4.78, 5) is 2.65. The number of rotatable bonds is 4. The van der Waals surface area contributed by atoms with Crippen molar-refractivity contribution >= 4 is 97.4 Å². The topological polar surface area (TPSA) is 8.17 Å². The van der Waals surface area contributed by atoms with Crippen LogP contribution in [0.4, 0.5) is 11.4 Å². The van der Waals surface area contributed by atoms with E-state index in [1.54, 1.807) is 0 Å². The Balaban J connectivity index is 1.24. The zero-order valence-electron chi connectivity index (χ0n) is 29.8. The maximum Gasteiger partial charge on any atom is 0.0561 e. The van der Waals surface area contributed by atoms with Crippen LogP contribution in [0.15, 0.2) is 176 Å². The molecule has 12 rings (SSSR count). The smallest absolute Gasteiger partial charge is 0.0561 e. The van der Waals surface area contributed by atoms with Gasteiger partial charge >= 0.3 is 0 Å². The van der Waals surface area contributed by atoms with E-state index in [0.29, 0.717) is 0 Å². The number of aromatic nitrogens is 1. The number of hydrogen-bond acceptors (Lipinski definition) is 2. The molecule has 0 aliphatic heterocycles. The lowest BCUT2D eigenvalue weighted by Crippen LogP contribution is -2.25. The highest BCUT2D eigenvalue weighted by molar-refractivity contribution is 7.26. The zero-order chi connectivity index (χ0) is 35.5. The lowest BCUT2D eigenvalue weighted by atomic mass is 9.84. The van der Waals surface area contributed by atoms with Gasteiger partial charge in [0.1, 0.15) is 0 Å². The summed E-state index contributed by atoms with van der Waals surface area (Å²) >= 11 is 1.89. The Kier molecular flexibility index (Phi) is 6.29. The average molecular weight is 707 g/mol.